The summed E-state index contributed by atoms with van der Waals surface area (Å²) in [5.41, 5.74) is -0.650. The van der Waals surface area contributed by atoms with Crippen molar-refractivity contribution in [2.75, 3.05) is 0 Å². The van der Waals surface area contributed by atoms with E-state index in [1.807, 2.05) is 26.8 Å². The molecule has 0 aliphatic carbocycles. The number of rotatable bonds is 1. The van der Waals surface area contributed by atoms with E-state index in [-0.39, 0.29) is 5.69 Å². The Labute approximate surface area is 98.3 Å². The lowest BCUT2D eigenvalue weighted by atomic mass is 10.1. The van der Waals surface area contributed by atoms with Crippen molar-refractivity contribution < 1.29 is 0 Å². The number of hydrogen-bond acceptors (Lipinski definition) is 2. The summed E-state index contributed by atoms with van der Waals surface area (Å²) >= 11 is 0. The minimum Gasteiger partial charge on any atom is -0.246 e. The first-order chi connectivity index (χ1) is 7.91. The zero-order valence-corrected chi connectivity index (χ0v) is 10.1. The van der Waals surface area contributed by atoms with E-state index < -0.39 is 11.2 Å². The first-order valence-corrected chi connectivity index (χ1v) is 5.41. The number of para-hydroxylation sites is 1. The molecule has 0 unspecified atom stereocenters. The lowest BCUT2D eigenvalue weighted by Crippen LogP contribution is -2.35. The second-order valence-electron chi connectivity index (χ2n) is 4.88. The van der Waals surface area contributed by atoms with E-state index in [9.17, 15) is 9.59 Å². The van der Waals surface area contributed by atoms with Gasteiger partial charge in [-0.25, -0.2) is 23.9 Å². The van der Waals surface area contributed by atoms with Crippen LogP contribution in [0.2, 0.25) is 0 Å². The molecule has 0 aliphatic heterocycles. The molecule has 1 heterocycles. The molecular weight excluding hydrogens is 218 g/mol. The second-order valence-corrected chi connectivity index (χ2v) is 4.88. The Balaban J connectivity index is 2.71. The largest absolute Gasteiger partial charge is 0.352 e. The standard InChI is InChI=1S/C12H15N3O2/c1-12(2,3)15-11(17)14(10(16)13-15)9-7-5-4-6-8-9/h4-8H,1-3H3,(H,13,16). The summed E-state index contributed by atoms with van der Waals surface area (Å²) < 4.78 is 2.47. The SMILES string of the molecule is CC(C)(C)n1[nH]c(=O)n(-c2ccccc2)c1=O. The Morgan fingerprint density at radius 2 is 1.65 bits per heavy atom. The van der Waals surface area contributed by atoms with Crippen LogP contribution in [0.4, 0.5) is 0 Å². The van der Waals surface area contributed by atoms with Crippen molar-refractivity contribution in [3.05, 3.63) is 51.3 Å². The third kappa shape index (κ3) is 1.95. The van der Waals surface area contributed by atoms with E-state index in [0.29, 0.717) is 5.69 Å². The van der Waals surface area contributed by atoms with Crippen LogP contribution in [0.1, 0.15) is 20.8 Å². The van der Waals surface area contributed by atoms with Gasteiger partial charge >= 0.3 is 11.4 Å². The highest BCUT2D eigenvalue weighted by molar-refractivity contribution is 5.30. The van der Waals surface area contributed by atoms with E-state index in [1.165, 1.54) is 4.68 Å². The highest BCUT2D eigenvalue weighted by Crippen LogP contribution is 2.08. The van der Waals surface area contributed by atoms with E-state index in [1.54, 1.807) is 24.3 Å². The molecule has 5 heteroatoms. The molecule has 0 saturated heterocycles. The van der Waals surface area contributed by atoms with Crippen LogP contribution in [0, 0.1) is 0 Å². The van der Waals surface area contributed by atoms with Crippen molar-refractivity contribution in [1.82, 2.24) is 14.3 Å². The second kappa shape index (κ2) is 3.76. The first kappa shape index (κ1) is 11.4. The van der Waals surface area contributed by atoms with Crippen LogP contribution in [0.3, 0.4) is 0 Å². The van der Waals surface area contributed by atoms with Crippen molar-refractivity contribution in [1.29, 1.82) is 0 Å². The first-order valence-electron chi connectivity index (χ1n) is 5.41. The zero-order chi connectivity index (χ0) is 12.6. The van der Waals surface area contributed by atoms with Crippen molar-refractivity contribution in [2.45, 2.75) is 26.3 Å². The Bertz CT molecular complexity index is 626. The van der Waals surface area contributed by atoms with Crippen molar-refractivity contribution in [3.63, 3.8) is 0 Å². The van der Waals surface area contributed by atoms with Crippen LogP contribution in [0.5, 0.6) is 0 Å². The minimum atomic E-state index is -0.448. The molecule has 0 radical (unpaired) electrons. The molecule has 2 rings (SSSR count). The molecule has 17 heavy (non-hydrogen) atoms. The van der Waals surface area contributed by atoms with Gasteiger partial charge in [0, 0.05) is 0 Å². The predicted octanol–water partition coefficient (Wildman–Crippen LogP) is 1.08. The van der Waals surface area contributed by atoms with Gasteiger partial charge in [-0.15, -0.1) is 0 Å². The lowest BCUT2D eigenvalue weighted by molar-refractivity contribution is 0.341. The Kier molecular flexibility index (Phi) is 2.53. The summed E-state index contributed by atoms with van der Waals surface area (Å²) in [4.78, 5) is 23.9. The average Bonchev–Trinajstić information content (AvgIpc) is 2.55. The molecule has 0 aliphatic rings. The van der Waals surface area contributed by atoms with E-state index in [2.05, 4.69) is 5.10 Å². The van der Waals surface area contributed by atoms with Crippen molar-refractivity contribution >= 4 is 0 Å². The van der Waals surface area contributed by atoms with Crippen LogP contribution in [0.25, 0.3) is 5.69 Å². The van der Waals surface area contributed by atoms with E-state index in [0.717, 1.165) is 4.57 Å². The number of aromatic amines is 1. The fourth-order valence-corrected chi connectivity index (χ4v) is 1.64. The molecule has 1 aromatic heterocycles. The van der Waals surface area contributed by atoms with E-state index in [4.69, 9.17) is 0 Å². The van der Waals surface area contributed by atoms with Crippen LogP contribution >= 0.6 is 0 Å². The van der Waals surface area contributed by atoms with Gasteiger partial charge in [-0.1, -0.05) is 18.2 Å². The highest BCUT2D eigenvalue weighted by Gasteiger charge is 2.20. The monoisotopic (exact) mass is 233 g/mol. The number of benzene rings is 1. The fraction of sp³-hybridized carbons (Fsp3) is 0.333. The van der Waals surface area contributed by atoms with Crippen molar-refractivity contribution in [2.24, 2.45) is 0 Å². The van der Waals surface area contributed by atoms with Gasteiger partial charge in [0.2, 0.25) is 0 Å². The molecule has 5 nitrogen and oxygen atoms in total. The molecule has 1 aromatic carbocycles. The molecule has 0 fully saturated rings. The Morgan fingerprint density at radius 3 is 2.12 bits per heavy atom. The van der Waals surface area contributed by atoms with Gasteiger partial charge in [-0.2, -0.15) is 0 Å². The Morgan fingerprint density at radius 1 is 1.06 bits per heavy atom. The molecule has 0 saturated carbocycles. The van der Waals surface area contributed by atoms with Gasteiger partial charge in [-0.05, 0) is 32.9 Å². The van der Waals surface area contributed by atoms with Gasteiger partial charge in [-0.3, -0.25) is 0 Å². The smallest absolute Gasteiger partial charge is 0.246 e. The molecule has 0 atom stereocenters. The molecule has 0 spiro atoms. The minimum absolute atomic E-state index is 0.353. The summed E-state index contributed by atoms with van der Waals surface area (Å²) in [6.45, 7) is 5.58. The molecule has 0 amide bonds. The fourth-order valence-electron chi connectivity index (χ4n) is 1.64. The quantitative estimate of drug-likeness (QED) is 0.801. The zero-order valence-electron chi connectivity index (χ0n) is 10.1. The predicted molar refractivity (Wildman–Crippen MR) is 65.6 cm³/mol. The van der Waals surface area contributed by atoms with Crippen molar-refractivity contribution in [3.8, 4) is 5.69 Å². The topological polar surface area (TPSA) is 59.8 Å². The molecule has 2 aromatic rings. The van der Waals surface area contributed by atoms with Crippen LogP contribution < -0.4 is 11.4 Å². The maximum Gasteiger partial charge on any atom is 0.352 e. The maximum absolute atomic E-state index is 12.1. The molecule has 0 bridgehead atoms. The van der Waals surface area contributed by atoms with Crippen LogP contribution in [0.15, 0.2) is 39.9 Å². The number of aromatic nitrogens is 3. The normalized spacial score (nSPS) is 11.7. The lowest BCUT2D eigenvalue weighted by Gasteiger charge is -2.17. The molecule has 1 N–H and O–H groups in total. The summed E-state index contributed by atoms with van der Waals surface area (Å²) in [6.07, 6.45) is 0. The van der Waals surface area contributed by atoms with Gasteiger partial charge in [0.15, 0.2) is 0 Å². The van der Waals surface area contributed by atoms with Gasteiger partial charge < -0.3 is 0 Å². The van der Waals surface area contributed by atoms with Gasteiger partial charge in [0.1, 0.15) is 0 Å². The number of hydrogen-bond donors (Lipinski definition) is 1. The van der Waals surface area contributed by atoms with Crippen LogP contribution in [-0.4, -0.2) is 14.3 Å². The highest BCUT2D eigenvalue weighted by atomic mass is 16.2. The maximum atomic E-state index is 12.1. The van der Waals surface area contributed by atoms with Crippen LogP contribution in [-0.2, 0) is 5.54 Å². The third-order valence-corrected chi connectivity index (χ3v) is 2.48. The summed E-state index contributed by atoms with van der Waals surface area (Å²) in [5.74, 6) is 0. The number of H-pyrrole nitrogens is 1. The summed E-state index contributed by atoms with van der Waals surface area (Å²) in [6, 6.07) is 8.86. The molecular formula is C12H15N3O2. The summed E-state index contributed by atoms with van der Waals surface area (Å²) in [5, 5.41) is 2.56. The average molecular weight is 233 g/mol. The van der Waals surface area contributed by atoms with Gasteiger partial charge in [0.05, 0.1) is 11.2 Å². The van der Waals surface area contributed by atoms with Gasteiger partial charge in [0.25, 0.3) is 0 Å². The number of nitrogens with one attached hydrogen (secondary N) is 1. The number of nitrogens with zero attached hydrogens (tertiary/aromatic N) is 2. The van der Waals surface area contributed by atoms with E-state index >= 15 is 0 Å². The summed E-state index contributed by atoms with van der Waals surface area (Å²) in [7, 11) is 0. The Hall–Kier alpha value is -2.04. The molecule has 90 valence electrons. The third-order valence-electron chi connectivity index (χ3n) is 2.48.